The van der Waals surface area contributed by atoms with Crippen molar-refractivity contribution >= 4 is 17.5 Å². The molecular formula is C18H24ClN2O4+. The fourth-order valence-corrected chi connectivity index (χ4v) is 2.78. The van der Waals surface area contributed by atoms with Gasteiger partial charge in [0.25, 0.3) is 5.91 Å². The summed E-state index contributed by atoms with van der Waals surface area (Å²) in [6.07, 6.45) is 1.63. The van der Waals surface area contributed by atoms with Gasteiger partial charge < -0.3 is 24.1 Å². The highest BCUT2D eigenvalue weighted by atomic mass is 35.5. The van der Waals surface area contributed by atoms with E-state index in [9.17, 15) is 4.79 Å². The maximum absolute atomic E-state index is 12.5. The number of methoxy groups -OCH3 is 1. The molecule has 2 aromatic rings. The van der Waals surface area contributed by atoms with E-state index in [-0.39, 0.29) is 11.9 Å². The molecule has 2 N–H and O–H groups in total. The number of benzene rings is 1. The van der Waals surface area contributed by atoms with Crippen molar-refractivity contribution in [3.8, 4) is 11.5 Å². The molecule has 7 heteroatoms. The van der Waals surface area contributed by atoms with Crippen molar-refractivity contribution in [2.45, 2.75) is 13.0 Å². The number of rotatable bonds is 8. The van der Waals surface area contributed by atoms with E-state index in [1.54, 1.807) is 18.4 Å². The average molecular weight is 368 g/mol. The topological polar surface area (TPSA) is 65.1 Å². The van der Waals surface area contributed by atoms with Crippen LogP contribution in [0.4, 0.5) is 0 Å². The molecule has 0 aliphatic carbocycles. The van der Waals surface area contributed by atoms with Crippen molar-refractivity contribution in [3.05, 3.63) is 46.9 Å². The molecule has 0 saturated heterocycles. The predicted molar refractivity (Wildman–Crippen MR) is 95.8 cm³/mol. The Morgan fingerprint density at radius 3 is 2.72 bits per heavy atom. The Bertz CT molecular complexity index is 701. The fraction of sp³-hybridized carbons (Fsp3) is 0.389. The number of halogens is 1. The standard InChI is InChI=1S/C18H23ClN2O4/c1-5-24-17-13(19)9-12(10-16(17)23-4)18(22)20-11-14(21(2)3)15-7-6-8-25-15/h6-10,14H,5,11H2,1-4H3,(H,20,22)/p+1/t14-/m1/s1. The van der Waals surface area contributed by atoms with Gasteiger partial charge in [0.1, 0.15) is 0 Å². The average Bonchev–Trinajstić information content (AvgIpc) is 3.10. The van der Waals surface area contributed by atoms with Crippen LogP contribution in [0.5, 0.6) is 11.5 Å². The molecule has 0 bridgehead atoms. The van der Waals surface area contributed by atoms with Gasteiger partial charge >= 0.3 is 0 Å². The molecule has 0 radical (unpaired) electrons. The smallest absolute Gasteiger partial charge is 0.251 e. The number of quaternary nitrogens is 1. The first-order valence-electron chi connectivity index (χ1n) is 8.09. The van der Waals surface area contributed by atoms with Crippen molar-refractivity contribution in [2.24, 2.45) is 0 Å². The predicted octanol–water partition coefficient (Wildman–Crippen LogP) is 1.96. The first-order chi connectivity index (χ1) is 12.0. The summed E-state index contributed by atoms with van der Waals surface area (Å²) in [6.45, 7) is 2.74. The van der Waals surface area contributed by atoms with E-state index in [1.165, 1.54) is 7.11 Å². The largest absolute Gasteiger partial charge is 0.493 e. The van der Waals surface area contributed by atoms with E-state index in [1.807, 2.05) is 33.2 Å². The summed E-state index contributed by atoms with van der Waals surface area (Å²) in [6, 6.07) is 6.95. The number of likely N-dealkylation sites (N-methyl/N-ethyl adjacent to an activating group) is 1. The van der Waals surface area contributed by atoms with Gasteiger partial charge in [-0.25, -0.2) is 0 Å². The Kier molecular flexibility index (Phi) is 6.73. The second-order valence-electron chi connectivity index (χ2n) is 5.78. The van der Waals surface area contributed by atoms with Crippen LogP contribution in [-0.2, 0) is 0 Å². The van der Waals surface area contributed by atoms with Crippen molar-refractivity contribution < 1.29 is 23.6 Å². The molecule has 1 aromatic heterocycles. The number of hydrogen-bond acceptors (Lipinski definition) is 4. The van der Waals surface area contributed by atoms with Gasteiger partial charge in [-0.3, -0.25) is 4.79 Å². The number of carbonyl (C=O) groups is 1. The summed E-state index contributed by atoms with van der Waals surface area (Å²) in [5.74, 6) is 1.46. The van der Waals surface area contributed by atoms with Gasteiger partial charge in [0.2, 0.25) is 0 Å². The van der Waals surface area contributed by atoms with E-state index in [0.717, 1.165) is 10.7 Å². The summed E-state index contributed by atoms with van der Waals surface area (Å²) in [5, 5.41) is 3.26. The second kappa shape index (κ2) is 8.78. The summed E-state index contributed by atoms with van der Waals surface area (Å²) < 4.78 is 16.2. The van der Waals surface area contributed by atoms with Crippen LogP contribution in [0, 0.1) is 0 Å². The second-order valence-corrected chi connectivity index (χ2v) is 6.19. The van der Waals surface area contributed by atoms with Crippen LogP contribution >= 0.6 is 11.6 Å². The Hall–Kier alpha value is -2.18. The van der Waals surface area contributed by atoms with E-state index in [2.05, 4.69) is 5.32 Å². The maximum Gasteiger partial charge on any atom is 0.251 e. The Morgan fingerprint density at radius 1 is 1.40 bits per heavy atom. The third-order valence-corrected chi connectivity index (χ3v) is 4.11. The molecule has 0 aliphatic rings. The fourth-order valence-electron chi connectivity index (χ4n) is 2.51. The highest BCUT2D eigenvalue weighted by Gasteiger charge is 2.22. The van der Waals surface area contributed by atoms with Gasteiger partial charge in [-0.05, 0) is 31.2 Å². The zero-order valence-corrected chi connectivity index (χ0v) is 15.6. The maximum atomic E-state index is 12.5. The van der Waals surface area contributed by atoms with Crippen molar-refractivity contribution in [3.63, 3.8) is 0 Å². The van der Waals surface area contributed by atoms with Gasteiger partial charge in [-0.15, -0.1) is 0 Å². The van der Waals surface area contributed by atoms with Crippen LogP contribution in [0.2, 0.25) is 5.02 Å². The van der Waals surface area contributed by atoms with Gasteiger partial charge in [0.05, 0.1) is 45.6 Å². The number of nitrogens with one attached hydrogen (secondary N) is 2. The number of carbonyl (C=O) groups excluding carboxylic acids is 1. The first-order valence-corrected chi connectivity index (χ1v) is 8.47. The molecule has 1 heterocycles. The lowest BCUT2D eigenvalue weighted by molar-refractivity contribution is -0.891. The van der Waals surface area contributed by atoms with Crippen LogP contribution in [0.1, 0.15) is 29.1 Å². The molecule has 0 fully saturated rings. The summed E-state index contributed by atoms with van der Waals surface area (Å²) in [7, 11) is 5.53. The summed E-state index contributed by atoms with van der Waals surface area (Å²) >= 11 is 6.23. The number of ether oxygens (including phenoxy) is 2. The zero-order chi connectivity index (χ0) is 18.4. The molecule has 1 aromatic carbocycles. The Morgan fingerprint density at radius 2 is 2.16 bits per heavy atom. The Labute approximate surface area is 152 Å². The molecule has 1 amide bonds. The minimum absolute atomic E-state index is 0.0130. The quantitative estimate of drug-likeness (QED) is 0.748. The van der Waals surface area contributed by atoms with Crippen LogP contribution in [0.3, 0.4) is 0 Å². The number of amides is 1. The van der Waals surface area contributed by atoms with Gasteiger partial charge in [0.15, 0.2) is 23.3 Å². The third-order valence-electron chi connectivity index (χ3n) is 3.83. The van der Waals surface area contributed by atoms with E-state index in [4.69, 9.17) is 25.5 Å². The van der Waals surface area contributed by atoms with Crippen molar-refractivity contribution in [1.82, 2.24) is 5.32 Å². The normalized spacial score (nSPS) is 12.1. The van der Waals surface area contributed by atoms with E-state index in [0.29, 0.717) is 35.2 Å². The van der Waals surface area contributed by atoms with Gasteiger partial charge in [0, 0.05) is 5.56 Å². The lowest BCUT2D eigenvalue weighted by Crippen LogP contribution is -3.07. The Balaban J connectivity index is 2.13. The summed E-state index contributed by atoms with van der Waals surface area (Å²) in [4.78, 5) is 13.7. The molecule has 0 unspecified atom stereocenters. The van der Waals surface area contributed by atoms with Crippen LogP contribution in [0.25, 0.3) is 0 Å². The highest BCUT2D eigenvalue weighted by Crippen LogP contribution is 2.36. The molecular weight excluding hydrogens is 344 g/mol. The molecule has 0 saturated carbocycles. The number of hydrogen-bond donors (Lipinski definition) is 2. The molecule has 0 aliphatic heterocycles. The van der Waals surface area contributed by atoms with Crippen molar-refractivity contribution in [1.29, 1.82) is 0 Å². The minimum atomic E-state index is -0.235. The molecule has 136 valence electrons. The molecule has 1 atom stereocenters. The van der Waals surface area contributed by atoms with Crippen LogP contribution in [0.15, 0.2) is 34.9 Å². The van der Waals surface area contributed by atoms with Crippen LogP contribution in [-0.4, -0.2) is 40.3 Å². The zero-order valence-electron chi connectivity index (χ0n) is 14.9. The SMILES string of the molecule is CCOc1c(Cl)cc(C(=O)NC[C@H](c2ccco2)[NH+](C)C)cc1OC. The molecule has 25 heavy (non-hydrogen) atoms. The van der Waals surface area contributed by atoms with Gasteiger partial charge in [-0.1, -0.05) is 11.6 Å². The third kappa shape index (κ3) is 4.67. The lowest BCUT2D eigenvalue weighted by atomic mass is 10.1. The molecule has 2 rings (SSSR count). The first kappa shape index (κ1) is 19.1. The van der Waals surface area contributed by atoms with E-state index >= 15 is 0 Å². The monoisotopic (exact) mass is 367 g/mol. The minimum Gasteiger partial charge on any atom is -0.493 e. The van der Waals surface area contributed by atoms with E-state index < -0.39 is 0 Å². The van der Waals surface area contributed by atoms with Gasteiger partial charge in [-0.2, -0.15) is 0 Å². The molecule has 6 nitrogen and oxygen atoms in total. The number of furan rings is 1. The highest BCUT2D eigenvalue weighted by molar-refractivity contribution is 6.32. The molecule has 0 spiro atoms. The lowest BCUT2D eigenvalue weighted by Gasteiger charge is -2.20. The van der Waals surface area contributed by atoms with Crippen LogP contribution < -0.4 is 19.7 Å². The van der Waals surface area contributed by atoms with Crippen molar-refractivity contribution in [2.75, 3.05) is 34.4 Å². The summed E-state index contributed by atoms with van der Waals surface area (Å²) in [5.41, 5.74) is 0.414.